The number of carbonyl (C=O) groups excluding carboxylic acids is 1. The second-order valence-electron chi connectivity index (χ2n) is 7.42. The molecule has 1 aromatic carbocycles. The van der Waals surface area contributed by atoms with Gasteiger partial charge in [-0.05, 0) is 24.5 Å². The lowest BCUT2D eigenvalue weighted by Gasteiger charge is -2.39. The molecule has 23 heavy (non-hydrogen) atoms. The van der Waals surface area contributed by atoms with Crippen LogP contribution in [0.4, 0.5) is 0 Å². The van der Waals surface area contributed by atoms with Gasteiger partial charge in [0, 0.05) is 42.4 Å². The number of carbonyl (C=O) groups is 1. The van der Waals surface area contributed by atoms with Crippen LogP contribution in [0.25, 0.3) is 10.9 Å². The number of piperidine rings is 1. The highest BCUT2D eigenvalue weighted by atomic mass is 16.6. The van der Waals surface area contributed by atoms with E-state index in [0.29, 0.717) is 18.6 Å². The van der Waals surface area contributed by atoms with Crippen molar-refractivity contribution >= 4 is 16.7 Å². The summed E-state index contributed by atoms with van der Waals surface area (Å²) in [7, 11) is 0. The van der Waals surface area contributed by atoms with Crippen molar-refractivity contribution in [2.45, 2.75) is 38.4 Å². The third-order valence-corrected chi connectivity index (χ3v) is 6.15. The number of para-hydroxylation sites is 1. The van der Waals surface area contributed by atoms with Crippen LogP contribution in [0.5, 0.6) is 0 Å². The van der Waals surface area contributed by atoms with Gasteiger partial charge in [-0.1, -0.05) is 25.1 Å². The summed E-state index contributed by atoms with van der Waals surface area (Å²) in [6.45, 7) is 5.24. The van der Waals surface area contributed by atoms with Crippen molar-refractivity contribution < 1.29 is 9.53 Å². The highest BCUT2D eigenvalue weighted by molar-refractivity contribution is 6.02. The van der Waals surface area contributed by atoms with Crippen LogP contribution < -0.4 is 0 Å². The zero-order valence-corrected chi connectivity index (χ0v) is 13.5. The number of ether oxygens (including phenoxy) is 1. The normalized spacial score (nSPS) is 35.9. The quantitative estimate of drug-likeness (QED) is 0.824. The van der Waals surface area contributed by atoms with Gasteiger partial charge in [-0.3, -0.25) is 9.69 Å². The molecule has 1 N–H and O–H groups in total. The van der Waals surface area contributed by atoms with Gasteiger partial charge in [-0.25, -0.2) is 0 Å². The van der Waals surface area contributed by atoms with Gasteiger partial charge in [-0.2, -0.15) is 0 Å². The molecule has 2 aromatic rings. The Balaban J connectivity index is 1.63. The monoisotopic (exact) mass is 310 g/mol. The Hall–Kier alpha value is -1.65. The van der Waals surface area contributed by atoms with Gasteiger partial charge < -0.3 is 9.72 Å². The summed E-state index contributed by atoms with van der Waals surface area (Å²) in [6, 6.07) is 8.28. The van der Waals surface area contributed by atoms with Gasteiger partial charge in [0.1, 0.15) is 0 Å². The molecule has 2 saturated heterocycles. The molecule has 1 aromatic heterocycles. The van der Waals surface area contributed by atoms with E-state index >= 15 is 0 Å². The first-order valence-electron chi connectivity index (χ1n) is 8.71. The second-order valence-corrected chi connectivity index (χ2v) is 7.42. The molecule has 3 aliphatic heterocycles. The van der Waals surface area contributed by atoms with Crippen molar-refractivity contribution in [1.82, 2.24) is 9.88 Å². The van der Waals surface area contributed by atoms with Crippen LogP contribution in [0.15, 0.2) is 24.3 Å². The maximum Gasteiger partial charge on any atom is 0.180 e. The number of benzene rings is 1. The first kappa shape index (κ1) is 13.8. The Morgan fingerprint density at radius 1 is 1.39 bits per heavy atom. The third-order valence-electron chi connectivity index (χ3n) is 6.15. The number of nitrogens with one attached hydrogen (secondary N) is 1. The van der Waals surface area contributed by atoms with Crippen molar-refractivity contribution in [1.29, 1.82) is 0 Å². The van der Waals surface area contributed by atoms with E-state index in [-0.39, 0.29) is 11.2 Å². The van der Waals surface area contributed by atoms with Crippen LogP contribution in [0, 0.1) is 5.41 Å². The predicted octanol–water partition coefficient (Wildman–Crippen LogP) is 2.78. The van der Waals surface area contributed by atoms with E-state index in [4.69, 9.17) is 4.74 Å². The number of ketones is 1. The summed E-state index contributed by atoms with van der Waals surface area (Å²) in [4.78, 5) is 19.0. The molecule has 0 amide bonds. The molecule has 120 valence electrons. The largest absolute Gasteiger partial charge is 0.368 e. The van der Waals surface area contributed by atoms with Gasteiger partial charge >= 0.3 is 0 Å². The van der Waals surface area contributed by atoms with Crippen LogP contribution in [0.3, 0.4) is 0 Å². The van der Waals surface area contributed by atoms with Crippen LogP contribution in [0.1, 0.15) is 35.8 Å². The van der Waals surface area contributed by atoms with Gasteiger partial charge in [0.2, 0.25) is 0 Å². The Kier molecular flexibility index (Phi) is 2.80. The molecule has 4 heteroatoms. The summed E-state index contributed by atoms with van der Waals surface area (Å²) in [5.74, 6) is 0.260. The van der Waals surface area contributed by atoms with E-state index in [2.05, 4.69) is 35.0 Å². The van der Waals surface area contributed by atoms with Gasteiger partial charge in [0.15, 0.2) is 5.78 Å². The molecule has 2 bridgehead atoms. The molecule has 0 radical (unpaired) electrons. The molecular weight excluding hydrogens is 288 g/mol. The lowest BCUT2D eigenvalue weighted by atomic mass is 9.73. The lowest BCUT2D eigenvalue weighted by Crippen LogP contribution is -2.49. The van der Waals surface area contributed by atoms with Gasteiger partial charge in [0.05, 0.1) is 17.9 Å². The summed E-state index contributed by atoms with van der Waals surface area (Å²) < 4.78 is 5.93. The predicted molar refractivity (Wildman–Crippen MR) is 88.8 cm³/mol. The maximum atomic E-state index is 13.1. The number of rotatable bonds is 1. The van der Waals surface area contributed by atoms with Gasteiger partial charge in [-0.15, -0.1) is 0 Å². The fraction of sp³-hybridized carbons (Fsp3) is 0.526. The smallest absolute Gasteiger partial charge is 0.180 e. The molecule has 5 rings (SSSR count). The average Bonchev–Trinajstić information content (AvgIpc) is 3.25. The van der Waals surface area contributed by atoms with E-state index in [9.17, 15) is 4.79 Å². The molecule has 4 heterocycles. The van der Waals surface area contributed by atoms with Crippen molar-refractivity contribution in [2.75, 3.05) is 19.6 Å². The van der Waals surface area contributed by atoms with Crippen LogP contribution in [-0.2, 0) is 11.2 Å². The van der Waals surface area contributed by atoms with E-state index in [1.165, 1.54) is 10.9 Å². The number of epoxide rings is 1. The van der Waals surface area contributed by atoms with E-state index in [1.54, 1.807) is 0 Å². The van der Waals surface area contributed by atoms with E-state index in [1.807, 2.05) is 6.07 Å². The molecule has 4 nitrogen and oxygen atoms in total. The minimum absolute atomic E-state index is 0.00109. The lowest BCUT2D eigenvalue weighted by molar-refractivity contribution is 0.0714. The Labute approximate surface area is 135 Å². The molecule has 1 unspecified atom stereocenters. The first-order valence-corrected chi connectivity index (χ1v) is 8.71. The van der Waals surface area contributed by atoms with Crippen LogP contribution >= 0.6 is 0 Å². The number of aromatic nitrogens is 1. The highest BCUT2D eigenvalue weighted by Gasteiger charge is 2.58. The van der Waals surface area contributed by atoms with Gasteiger partial charge in [0.25, 0.3) is 0 Å². The van der Waals surface area contributed by atoms with Crippen LogP contribution in [0.2, 0.25) is 0 Å². The SMILES string of the molecule is CC[C@@]12CC(=O)c3[nH]c4ccccc4c3CCN(C[C@H]3O[C@H]31)C2. The number of Topliss-reactive ketones (excluding diaryl/α,β-unsaturated/α-hetero) is 1. The second kappa shape index (κ2) is 4.68. The topological polar surface area (TPSA) is 48.6 Å². The highest BCUT2D eigenvalue weighted by Crippen LogP contribution is 2.49. The zero-order valence-electron chi connectivity index (χ0n) is 13.5. The molecule has 0 saturated carbocycles. The standard InChI is InChI=1S/C19H22N2O2/c1-2-19-9-15(22)17-13(12-5-3-4-6-14(12)20-17)7-8-21(11-19)10-16-18(19)23-16/h3-6,16,18,20H,2,7-11H2,1H3/t16-,18-,19+/m1/s1. The number of H-pyrrole nitrogens is 1. The molecule has 4 atom stereocenters. The number of hydrogen-bond acceptors (Lipinski definition) is 3. The van der Waals surface area contributed by atoms with Crippen molar-refractivity contribution in [2.24, 2.45) is 5.41 Å². The Bertz CT molecular complexity index is 796. The fourth-order valence-corrected chi connectivity index (χ4v) is 4.82. The number of nitrogens with zero attached hydrogens (tertiary/aromatic N) is 1. The molecule has 2 fully saturated rings. The van der Waals surface area contributed by atoms with E-state index in [0.717, 1.165) is 43.7 Å². The molecule has 0 spiro atoms. The summed E-state index contributed by atoms with van der Waals surface area (Å²) in [5.41, 5.74) is 3.13. The number of aromatic amines is 1. The molecular formula is C19H22N2O2. The average molecular weight is 310 g/mol. The maximum absolute atomic E-state index is 13.1. The molecule has 3 aliphatic rings. The minimum Gasteiger partial charge on any atom is -0.368 e. The summed E-state index contributed by atoms with van der Waals surface area (Å²) in [5, 5.41) is 1.21. The number of hydrogen-bond donors (Lipinski definition) is 1. The fourth-order valence-electron chi connectivity index (χ4n) is 4.82. The Morgan fingerprint density at radius 3 is 3.13 bits per heavy atom. The number of fused-ring (bicyclic) bond motifs is 7. The van der Waals surface area contributed by atoms with Crippen molar-refractivity contribution in [3.8, 4) is 0 Å². The third kappa shape index (κ3) is 1.95. The first-order chi connectivity index (χ1) is 11.2. The van der Waals surface area contributed by atoms with Crippen molar-refractivity contribution in [3.63, 3.8) is 0 Å². The van der Waals surface area contributed by atoms with Crippen molar-refractivity contribution in [3.05, 3.63) is 35.5 Å². The van der Waals surface area contributed by atoms with E-state index < -0.39 is 0 Å². The van der Waals surface area contributed by atoms with Crippen LogP contribution in [-0.4, -0.2) is 47.5 Å². The minimum atomic E-state index is -0.00109. The summed E-state index contributed by atoms with van der Waals surface area (Å²) >= 11 is 0. The summed E-state index contributed by atoms with van der Waals surface area (Å²) in [6.07, 6.45) is 3.18. The molecule has 0 aliphatic carbocycles. The zero-order chi connectivity index (χ0) is 15.6. The Morgan fingerprint density at radius 2 is 2.26 bits per heavy atom.